The average Bonchev–Trinajstić information content (AvgIpc) is 2.41. The molecule has 0 spiro atoms. The van der Waals surface area contributed by atoms with E-state index in [1.54, 1.807) is 18.3 Å². The maximum absolute atomic E-state index is 12.2. The summed E-state index contributed by atoms with van der Waals surface area (Å²) in [6, 6.07) is 3.55. The quantitative estimate of drug-likeness (QED) is 0.869. The predicted molar refractivity (Wildman–Crippen MR) is 77.0 cm³/mol. The molecule has 1 heterocycles. The molecule has 1 atom stereocenters. The number of carbonyl (C=O) groups excluding carboxylic acids is 1. The number of hydrogen-bond acceptors (Lipinski definition) is 3. The SMILES string of the molecule is O=C(CC12CCC(CC1)CC2Br)Nc1cccnn1. The fourth-order valence-electron chi connectivity index (χ4n) is 3.51. The van der Waals surface area contributed by atoms with Gasteiger partial charge in [0.1, 0.15) is 0 Å². The highest BCUT2D eigenvalue weighted by Crippen LogP contribution is 2.55. The van der Waals surface area contributed by atoms with Gasteiger partial charge < -0.3 is 5.32 Å². The normalized spacial score (nSPS) is 33.1. The van der Waals surface area contributed by atoms with E-state index in [9.17, 15) is 4.79 Å². The minimum atomic E-state index is 0.0605. The lowest BCUT2D eigenvalue weighted by Gasteiger charge is -2.50. The lowest BCUT2D eigenvalue weighted by atomic mass is 9.59. The number of hydrogen-bond donors (Lipinski definition) is 1. The summed E-state index contributed by atoms with van der Waals surface area (Å²) in [5, 5.41) is 10.5. The van der Waals surface area contributed by atoms with Gasteiger partial charge in [0.15, 0.2) is 5.82 Å². The van der Waals surface area contributed by atoms with E-state index in [1.807, 2.05) is 0 Å². The molecule has 1 aromatic heterocycles. The fraction of sp³-hybridized carbons (Fsp3) is 0.643. The number of halogens is 1. The number of nitrogens with one attached hydrogen (secondary N) is 1. The van der Waals surface area contributed by atoms with Crippen LogP contribution < -0.4 is 5.32 Å². The van der Waals surface area contributed by atoms with Crippen LogP contribution in [0.5, 0.6) is 0 Å². The Kier molecular flexibility index (Phi) is 3.56. The highest BCUT2D eigenvalue weighted by Gasteiger charge is 2.47. The fourth-order valence-corrected chi connectivity index (χ4v) is 4.65. The highest BCUT2D eigenvalue weighted by molar-refractivity contribution is 9.09. The minimum absolute atomic E-state index is 0.0605. The van der Waals surface area contributed by atoms with Crippen molar-refractivity contribution in [1.82, 2.24) is 10.2 Å². The zero-order valence-corrected chi connectivity index (χ0v) is 12.4. The molecule has 102 valence electrons. The van der Waals surface area contributed by atoms with Gasteiger partial charge in [0.25, 0.3) is 0 Å². The van der Waals surface area contributed by atoms with Crippen molar-refractivity contribution in [3.05, 3.63) is 18.3 Å². The third kappa shape index (κ3) is 2.66. The number of aromatic nitrogens is 2. The van der Waals surface area contributed by atoms with Crippen molar-refractivity contribution < 1.29 is 4.79 Å². The molecule has 19 heavy (non-hydrogen) atoms. The van der Waals surface area contributed by atoms with Gasteiger partial charge in [-0.3, -0.25) is 4.79 Å². The smallest absolute Gasteiger partial charge is 0.226 e. The van der Waals surface area contributed by atoms with Crippen molar-refractivity contribution in [3.8, 4) is 0 Å². The summed E-state index contributed by atoms with van der Waals surface area (Å²) in [5.74, 6) is 1.47. The van der Waals surface area contributed by atoms with E-state index in [0.29, 0.717) is 17.1 Å². The van der Waals surface area contributed by atoms with Gasteiger partial charge in [-0.2, -0.15) is 5.10 Å². The first-order valence-electron chi connectivity index (χ1n) is 6.90. The minimum Gasteiger partial charge on any atom is -0.309 e. The van der Waals surface area contributed by atoms with Crippen LogP contribution in [0.25, 0.3) is 0 Å². The molecule has 1 N–H and O–H groups in total. The van der Waals surface area contributed by atoms with E-state index < -0.39 is 0 Å². The first kappa shape index (κ1) is 13.0. The second-order valence-corrected chi connectivity index (χ2v) is 6.95. The number of fused-ring (bicyclic) bond motifs is 3. The molecule has 2 bridgehead atoms. The molecular formula is C14H18BrN3O. The summed E-state index contributed by atoms with van der Waals surface area (Å²) < 4.78 is 0. The molecule has 1 unspecified atom stereocenters. The zero-order chi connectivity index (χ0) is 13.3. The van der Waals surface area contributed by atoms with Crippen molar-refractivity contribution in [1.29, 1.82) is 0 Å². The van der Waals surface area contributed by atoms with Gasteiger partial charge >= 0.3 is 0 Å². The molecule has 4 rings (SSSR count). The molecule has 0 aliphatic heterocycles. The first-order valence-corrected chi connectivity index (χ1v) is 7.81. The van der Waals surface area contributed by atoms with Gasteiger partial charge in [-0.1, -0.05) is 15.9 Å². The second-order valence-electron chi connectivity index (χ2n) is 5.84. The Morgan fingerprint density at radius 1 is 1.47 bits per heavy atom. The summed E-state index contributed by atoms with van der Waals surface area (Å²) in [6.07, 6.45) is 8.31. The first-order chi connectivity index (χ1) is 9.18. The van der Waals surface area contributed by atoms with Gasteiger partial charge in [0.2, 0.25) is 5.91 Å². The third-order valence-corrected chi connectivity index (χ3v) is 6.00. The zero-order valence-electron chi connectivity index (χ0n) is 10.8. The van der Waals surface area contributed by atoms with E-state index >= 15 is 0 Å². The lowest BCUT2D eigenvalue weighted by Crippen LogP contribution is -2.44. The summed E-state index contributed by atoms with van der Waals surface area (Å²) in [5.41, 5.74) is 0.154. The molecule has 5 heteroatoms. The summed E-state index contributed by atoms with van der Waals surface area (Å²) >= 11 is 3.81. The van der Waals surface area contributed by atoms with Crippen LogP contribution >= 0.6 is 15.9 Å². The predicted octanol–water partition coefficient (Wildman–Crippen LogP) is 3.15. The molecule has 4 nitrogen and oxygen atoms in total. The number of carbonyl (C=O) groups is 1. The molecule has 1 aromatic rings. The van der Waals surface area contributed by atoms with E-state index in [4.69, 9.17) is 0 Å². The van der Waals surface area contributed by atoms with Crippen LogP contribution in [0.3, 0.4) is 0 Å². The van der Waals surface area contributed by atoms with Crippen LogP contribution in [0, 0.1) is 11.3 Å². The standard InChI is InChI=1S/C14H18BrN3O/c15-11-8-10-3-5-14(11,6-4-10)9-13(19)17-12-2-1-7-16-18-12/h1-2,7,10-11H,3-6,8-9H2,(H,17,18,19). The van der Waals surface area contributed by atoms with Crippen molar-refractivity contribution in [3.63, 3.8) is 0 Å². The molecule has 3 aliphatic carbocycles. The Bertz CT molecular complexity index is 457. The van der Waals surface area contributed by atoms with Crippen LogP contribution in [0.2, 0.25) is 0 Å². The monoisotopic (exact) mass is 323 g/mol. The van der Waals surface area contributed by atoms with Crippen molar-refractivity contribution in [2.45, 2.75) is 43.4 Å². The van der Waals surface area contributed by atoms with Gasteiger partial charge in [-0.05, 0) is 55.6 Å². The van der Waals surface area contributed by atoms with Gasteiger partial charge in [-0.15, -0.1) is 5.10 Å². The van der Waals surface area contributed by atoms with E-state index in [1.165, 1.54) is 32.1 Å². The highest BCUT2D eigenvalue weighted by atomic mass is 79.9. The molecule has 3 aliphatic rings. The largest absolute Gasteiger partial charge is 0.309 e. The Morgan fingerprint density at radius 2 is 2.26 bits per heavy atom. The van der Waals surface area contributed by atoms with Crippen molar-refractivity contribution in [2.24, 2.45) is 11.3 Å². The van der Waals surface area contributed by atoms with Gasteiger partial charge in [-0.25, -0.2) is 0 Å². The van der Waals surface area contributed by atoms with E-state index in [2.05, 4.69) is 31.4 Å². The average molecular weight is 324 g/mol. The van der Waals surface area contributed by atoms with Crippen molar-refractivity contribution in [2.75, 3.05) is 5.32 Å². The third-order valence-electron chi connectivity index (χ3n) is 4.66. The Labute approximate surface area is 121 Å². The van der Waals surface area contributed by atoms with Crippen LogP contribution in [0.4, 0.5) is 5.82 Å². The Balaban J connectivity index is 1.65. The molecule has 1 amide bonds. The van der Waals surface area contributed by atoms with Crippen LogP contribution in [0.15, 0.2) is 18.3 Å². The number of amides is 1. The molecule has 0 radical (unpaired) electrons. The summed E-state index contributed by atoms with van der Waals surface area (Å²) in [7, 11) is 0. The molecule has 3 fully saturated rings. The summed E-state index contributed by atoms with van der Waals surface area (Å²) in [4.78, 5) is 12.7. The molecule has 0 aromatic carbocycles. The number of anilines is 1. The lowest BCUT2D eigenvalue weighted by molar-refractivity contribution is -0.120. The molecular weight excluding hydrogens is 306 g/mol. The second kappa shape index (κ2) is 5.19. The molecule has 3 saturated carbocycles. The molecule has 0 saturated heterocycles. The van der Waals surface area contributed by atoms with Crippen molar-refractivity contribution >= 4 is 27.7 Å². The van der Waals surface area contributed by atoms with Crippen LogP contribution in [-0.2, 0) is 4.79 Å². The Hall–Kier alpha value is -0.970. The topological polar surface area (TPSA) is 54.9 Å². The number of nitrogens with zero attached hydrogens (tertiary/aromatic N) is 2. The van der Waals surface area contributed by atoms with Gasteiger partial charge in [0.05, 0.1) is 0 Å². The number of alkyl halides is 1. The van der Waals surface area contributed by atoms with E-state index in [-0.39, 0.29) is 11.3 Å². The summed E-state index contributed by atoms with van der Waals surface area (Å²) in [6.45, 7) is 0. The van der Waals surface area contributed by atoms with Crippen LogP contribution in [-0.4, -0.2) is 20.9 Å². The maximum Gasteiger partial charge on any atom is 0.226 e. The van der Waals surface area contributed by atoms with Crippen LogP contribution in [0.1, 0.15) is 38.5 Å². The van der Waals surface area contributed by atoms with E-state index in [0.717, 1.165) is 5.92 Å². The number of rotatable bonds is 3. The van der Waals surface area contributed by atoms with Gasteiger partial charge in [0, 0.05) is 17.4 Å². The maximum atomic E-state index is 12.2. The Morgan fingerprint density at radius 3 is 2.89 bits per heavy atom.